The molecule has 0 unspecified atom stereocenters. The summed E-state index contributed by atoms with van der Waals surface area (Å²) in [5.74, 6) is -0.763. The Hall–Kier alpha value is -3.50. The Bertz CT molecular complexity index is 1500. The number of aromatic nitrogens is 2. The Morgan fingerprint density at radius 2 is 1.76 bits per heavy atom. The zero-order chi connectivity index (χ0) is 27.0. The largest absolute Gasteiger partial charge is 0.326 e. The number of piperidine rings is 1. The van der Waals surface area contributed by atoms with Crippen molar-refractivity contribution in [2.24, 2.45) is 5.92 Å². The fraction of sp³-hybridized carbons (Fsp3) is 0.393. The fourth-order valence-electron chi connectivity index (χ4n) is 5.47. The number of aryl methyl sites for hydroxylation is 2. The van der Waals surface area contributed by atoms with Gasteiger partial charge in [0, 0.05) is 31.0 Å². The first-order valence-electron chi connectivity index (χ1n) is 13.0. The lowest BCUT2D eigenvalue weighted by molar-refractivity contribution is -0.121. The van der Waals surface area contributed by atoms with Gasteiger partial charge in [0.2, 0.25) is 21.8 Å². The van der Waals surface area contributed by atoms with E-state index >= 15 is 0 Å². The number of amides is 2. The normalized spacial score (nSPS) is 17.9. The van der Waals surface area contributed by atoms with Crippen LogP contribution >= 0.6 is 0 Å². The van der Waals surface area contributed by atoms with Gasteiger partial charge in [-0.1, -0.05) is 36.4 Å². The summed E-state index contributed by atoms with van der Waals surface area (Å²) in [6, 6.07) is 15.3. The summed E-state index contributed by atoms with van der Waals surface area (Å²) >= 11 is 0. The number of hydrogen-bond acceptors (Lipinski definition) is 5. The van der Waals surface area contributed by atoms with Gasteiger partial charge in [-0.2, -0.15) is 9.40 Å². The van der Waals surface area contributed by atoms with Gasteiger partial charge in [0.25, 0.3) is 0 Å². The van der Waals surface area contributed by atoms with E-state index in [-0.39, 0.29) is 29.8 Å². The lowest BCUT2D eigenvalue weighted by Gasteiger charge is -2.31. The highest BCUT2D eigenvalue weighted by atomic mass is 32.2. The lowest BCUT2D eigenvalue weighted by atomic mass is 9.98. The van der Waals surface area contributed by atoms with Gasteiger partial charge in [0.05, 0.1) is 17.3 Å². The molecule has 2 aliphatic heterocycles. The molecule has 1 aromatic heterocycles. The number of carbonyl (C=O) groups is 2. The van der Waals surface area contributed by atoms with E-state index in [0.29, 0.717) is 37.3 Å². The molecule has 2 aliphatic rings. The average molecular weight is 536 g/mol. The summed E-state index contributed by atoms with van der Waals surface area (Å²) in [6.07, 6.45) is 2.00. The van der Waals surface area contributed by atoms with E-state index in [0.717, 1.165) is 28.9 Å². The number of nitrogens with zero attached hydrogens (tertiary/aromatic N) is 4. The van der Waals surface area contributed by atoms with Crippen LogP contribution in [0, 0.1) is 26.7 Å². The fourth-order valence-corrected chi connectivity index (χ4v) is 7.37. The molecule has 1 atom stereocenters. The van der Waals surface area contributed by atoms with Gasteiger partial charge >= 0.3 is 0 Å². The highest BCUT2D eigenvalue weighted by Crippen LogP contribution is 2.30. The molecule has 9 nitrogen and oxygen atoms in total. The first-order valence-corrected chi connectivity index (χ1v) is 14.4. The van der Waals surface area contributed by atoms with E-state index < -0.39 is 15.9 Å². The average Bonchev–Trinajstić information content (AvgIpc) is 3.46. The standard InChI is InChI=1S/C28H33N5O4S/c1-19-9-4-6-12-24(19)29-28(35)23-11-8-15-31(17-23)38(36,37)27-20(2)30-33(21(27)3)18-26(34)32-16-14-22-10-5-7-13-25(22)32/h4-7,9-10,12-13,23H,8,11,14-18H2,1-3H3,(H,29,35)/t23-/m1/s1. The van der Waals surface area contributed by atoms with Crippen molar-refractivity contribution in [3.63, 3.8) is 0 Å². The minimum atomic E-state index is -3.91. The first kappa shape index (κ1) is 26.1. The molecule has 1 fully saturated rings. The third-order valence-electron chi connectivity index (χ3n) is 7.54. The molecule has 0 radical (unpaired) electrons. The molecule has 1 N–H and O–H groups in total. The maximum atomic E-state index is 13.8. The van der Waals surface area contributed by atoms with E-state index in [1.165, 1.54) is 8.99 Å². The topological polar surface area (TPSA) is 105 Å². The van der Waals surface area contributed by atoms with E-state index in [1.807, 2.05) is 55.5 Å². The highest BCUT2D eigenvalue weighted by Gasteiger charge is 2.37. The van der Waals surface area contributed by atoms with Gasteiger partial charge in [0.1, 0.15) is 11.4 Å². The minimum Gasteiger partial charge on any atom is -0.326 e. The van der Waals surface area contributed by atoms with Gasteiger partial charge in [-0.3, -0.25) is 14.3 Å². The van der Waals surface area contributed by atoms with Crippen LogP contribution in [-0.2, 0) is 32.6 Å². The molecule has 38 heavy (non-hydrogen) atoms. The van der Waals surface area contributed by atoms with Gasteiger partial charge in [0.15, 0.2) is 0 Å². The van der Waals surface area contributed by atoms with Crippen molar-refractivity contribution in [2.75, 3.05) is 29.9 Å². The molecule has 0 bridgehead atoms. The summed E-state index contributed by atoms with van der Waals surface area (Å²) in [5.41, 5.74) is 4.49. The molecule has 0 aliphatic carbocycles. The third kappa shape index (κ3) is 4.86. The molecule has 3 heterocycles. The van der Waals surface area contributed by atoms with Gasteiger partial charge in [-0.15, -0.1) is 0 Å². The third-order valence-corrected chi connectivity index (χ3v) is 9.66. The van der Waals surface area contributed by atoms with E-state index in [1.54, 1.807) is 18.7 Å². The van der Waals surface area contributed by atoms with Crippen molar-refractivity contribution in [3.8, 4) is 0 Å². The van der Waals surface area contributed by atoms with Crippen molar-refractivity contribution >= 4 is 33.2 Å². The summed E-state index contributed by atoms with van der Waals surface area (Å²) in [6.45, 7) is 6.25. The summed E-state index contributed by atoms with van der Waals surface area (Å²) in [5, 5.41) is 7.40. The van der Waals surface area contributed by atoms with Crippen LogP contribution in [0.5, 0.6) is 0 Å². The number of fused-ring (bicyclic) bond motifs is 1. The summed E-state index contributed by atoms with van der Waals surface area (Å²) in [7, 11) is -3.91. The van der Waals surface area contributed by atoms with Crippen LogP contribution in [-0.4, -0.2) is 54.0 Å². The van der Waals surface area contributed by atoms with Gasteiger partial charge in [-0.25, -0.2) is 8.42 Å². The van der Waals surface area contributed by atoms with Crippen LogP contribution < -0.4 is 10.2 Å². The number of hydrogen-bond donors (Lipinski definition) is 1. The molecule has 200 valence electrons. The quantitative estimate of drug-likeness (QED) is 0.521. The smallest absolute Gasteiger partial charge is 0.248 e. The van der Waals surface area contributed by atoms with E-state index in [4.69, 9.17) is 0 Å². The number of benzene rings is 2. The Morgan fingerprint density at radius 3 is 2.55 bits per heavy atom. The lowest BCUT2D eigenvalue weighted by Crippen LogP contribution is -2.44. The first-order chi connectivity index (χ1) is 18.2. The van der Waals surface area contributed by atoms with Crippen LogP contribution in [0.1, 0.15) is 35.4 Å². The molecular formula is C28H33N5O4S. The number of nitrogens with one attached hydrogen (secondary N) is 1. The molecule has 2 amide bonds. The Balaban J connectivity index is 1.32. The highest BCUT2D eigenvalue weighted by molar-refractivity contribution is 7.89. The summed E-state index contributed by atoms with van der Waals surface area (Å²) in [4.78, 5) is 28.0. The number of anilines is 2. The molecule has 10 heteroatoms. The van der Waals surface area contributed by atoms with Crippen LogP contribution in [0.15, 0.2) is 53.4 Å². The molecule has 5 rings (SSSR count). The van der Waals surface area contributed by atoms with Crippen molar-refractivity contribution in [2.45, 2.75) is 51.5 Å². The monoisotopic (exact) mass is 535 g/mol. The SMILES string of the molecule is Cc1ccccc1NC(=O)[C@@H]1CCCN(S(=O)(=O)c2c(C)nn(CC(=O)N3CCc4ccccc43)c2C)C1. The second kappa shape index (κ2) is 10.3. The van der Waals surface area contributed by atoms with Gasteiger partial charge < -0.3 is 10.2 Å². The predicted octanol–water partition coefficient (Wildman–Crippen LogP) is 3.44. The summed E-state index contributed by atoms with van der Waals surface area (Å²) < 4.78 is 30.4. The zero-order valence-electron chi connectivity index (χ0n) is 22.0. The van der Waals surface area contributed by atoms with Crippen molar-refractivity contribution < 1.29 is 18.0 Å². The Morgan fingerprint density at radius 1 is 1.03 bits per heavy atom. The second-order valence-electron chi connectivity index (χ2n) is 10.1. The van der Waals surface area contributed by atoms with Crippen LogP contribution in [0.25, 0.3) is 0 Å². The van der Waals surface area contributed by atoms with E-state index in [2.05, 4.69) is 10.4 Å². The van der Waals surface area contributed by atoms with Gasteiger partial charge in [-0.05, 0) is 63.3 Å². The van der Waals surface area contributed by atoms with E-state index in [9.17, 15) is 18.0 Å². The van der Waals surface area contributed by atoms with Crippen molar-refractivity contribution in [1.29, 1.82) is 0 Å². The molecular weight excluding hydrogens is 502 g/mol. The van der Waals surface area contributed by atoms with Crippen molar-refractivity contribution in [3.05, 3.63) is 71.0 Å². The Kier molecular flexibility index (Phi) is 7.11. The maximum Gasteiger partial charge on any atom is 0.248 e. The minimum absolute atomic E-state index is 0.0437. The van der Waals surface area contributed by atoms with Crippen LogP contribution in [0.2, 0.25) is 0 Å². The number of sulfonamides is 1. The Labute approximate surface area is 223 Å². The molecule has 0 spiro atoms. The second-order valence-corrected chi connectivity index (χ2v) is 12.0. The molecule has 1 saturated heterocycles. The number of rotatable bonds is 6. The zero-order valence-corrected chi connectivity index (χ0v) is 22.8. The predicted molar refractivity (Wildman–Crippen MR) is 145 cm³/mol. The molecule has 0 saturated carbocycles. The number of carbonyl (C=O) groups excluding carboxylic acids is 2. The van der Waals surface area contributed by atoms with Crippen LogP contribution in [0.3, 0.4) is 0 Å². The molecule has 3 aromatic rings. The van der Waals surface area contributed by atoms with Crippen LogP contribution in [0.4, 0.5) is 11.4 Å². The maximum absolute atomic E-state index is 13.8. The molecule has 2 aromatic carbocycles. The van der Waals surface area contributed by atoms with Crippen molar-refractivity contribution in [1.82, 2.24) is 14.1 Å². The number of para-hydroxylation sites is 2.